The third-order valence-corrected chi connectivity index (χ3v) is 3.56. The van der Waals surface area contributed by atoms with Crippen molar-refractivity contribution in [2.45, 2.75) is 96.8 Å². The molecule has 2 N–H and O–H groups in total. The van der Waals surface area contributed by atoms with Gasteiger partial charge in [0.1, 0.15) is 0 Å². The Hall–Kier alpha value is 1.44. The minimum Gasteiger partial charge on any atom is -1.00 e. The first kappa shape index (κ1) is 25.4. The first-order chi connectivity index (χ1) is 8.41. The Morgan fingerprint density at radius 1 is 0.526 bits per heavy atom. The van der Waals surface area contributed by atoms with Crippen molar-refractivity contribution in [3.63, 3.8) is 0 Å². The molecular weight excluding hydrogens is 309 g/mol. The molecule has 0 saturated heterocycles. The Labute approximate surface area is 154 Å². The van der Waals surface area contributed by atoms with Crippen LogP contribution in [0.3, 0.4) is 0 Å². The summed E-state index contributed by atoms with van der Waals surface area (Å²) >= 11 is 0. The van der Waals surface area contributed by atoms with Gasteiger partial charge < -0.3 is 22.7 Å². The molecule has 19 heavy (non-hydrogen) atoms. The Morgan fingerprint density at radius 3 is 1.05 bits per heavy atom. The molecule has 0 aliphatic heterocycles. The van der Waals surface area contributed by atoms with Gasteiger partial charge in [0.2, 0.25) is 0 Å². The fraction of sp³-hybridized carbons (Fsp3) is 1.00. The van der Waals surface area contributed by atoms with E-state index in [0.717, 1.165) is 6.54 Å². The van der Waals surface area contributed by atoms with Crippen LogP contribution in [0.2, 0.25) is 0 Å². The molecule has 0 radical (unpaired) electrons. The predicted molar refractivity (Wildman–Crippen MR) is 79.4 cm³/mol. The minimum absolute atomic E-state index is 0. The Kier molecular flexibility index (Phi) is 32.7. The van der Waals surface area contributed by atoms with Gasteiger partial charge in [-0.25, -0.2) is 0 Å². The van der Waals surface area contributed by atoms with Crippen molar-refractivity contribution in [1.82, 2.24) is 0 Å². The first-order valence-electron chi connectivity index (χ1n) is 8.12. The van der Waals surface area contributed by atoms with E-state index in [9.17, 15) is 0 Å². The average Bonchev–Trinajstić information content (AvgIpc) is 2.35. The molecule has 0 aliphatic rings. The Bertz CT molecular complexity index is 120. The van der Waals surface area contributed by atoms with Crippen molar-refractivity contribution >= 4 is 0 Å². The molecule has 0 amide bonds. The van der Waals surface area contributed by atoms with E-state index < -0.39 is 0 Å². The maximum absolute atomic E-state index is 5.47. The van der Waals surface area contributed by atoms with E-state index in [-0.39, 0.29) is 46.5 Å². The van der Waals surface area contributed by atoms with Gasteiger partial charge in [0.15, 0.2) is 0 Å². The standard InChI is InChI=1S/C16H35N.BrH.Na/c1-2-3-4-5-6-7-8-9-10-11-12-13-14-15-16-17;;/h2-17H2,1H3;1H;/q;;+1/p-1. The van der Waals surface area contributed by atoms with Crippen molar-refractivity contribution in [2.24, 2.45) is 5.73 Å². The summed E-state index contributed by atoms with van der Waals surface area (Å²) in [7, 11) is 0. The smallest absolute Gasteiger partial charge is 1.00 e. The monoisotopic (exact) mass is 343 g/mol. The van der Waals surface area contributed by atoms with E-state index >= 15 is 0 Å². The molecule has 0 aliphatic carbocycles. The van der Waals surface area contributed by atoms with Gasteiger partial charge in [-0.15, -0.1) is 0 Å². The SMILES string of the molecule is CCCCCCCCCCCCCCCCN.[Br-].[Na+]. The number of hydrogen-bond donors (Lipinski definition) is 1. The number of nitrogens with two attached hydrogens (primary N) is 1. The van der Waals surface area contributed by atoms with Crippen LogP contribution in [0.25, 0.3) is 0 Å². The van der Waals surface area contributed by atoms with Crippen LogP contribution in [0.4, 0.5) is 0 Å². The second kappa shape index (κ2) is 24.5. The fourth-order valence-electron chi connectivity index (χ4n) is 2.34. The first-order valence-corrected chi connectivity index (χ1v) is 8.12. The van der Waals surface area contributed by atoms with Crippen molar-refractivity contribution in [1.29, 1.82) is 0 Å². The number of rotatable bonds is 14. The second-order valence-electron chi connectivity index (χ2n) is 5.38. The Morgan fingerprint density at radius 2 is 0.789 bits per heavy atom. The molecule has 0 spiro atoms. The molecule has 0 aromatic heterocycles. The molecular formula is C16H35BrNNa. The zero-order valence-electron chi connectivity index (χ0n) is 13.6. The van der Waals surface area contributed by atoms with Crippen molar-refractivity contribution in [2.75, 3.05) is 6.54 Å². The number of hydrogen-bond acceptors (Lipinski definition) is 1. The van der Waals surface area contributed by atoms with Crippen LogP contribution < -0.4 is 52.3 Å². The molecule has 0 fully saturated rings. The van der Waals surface area contributed by atoms with Crippen LogP contribution in [0.5, 0.6) is 0 Å². The van der Waals surface area contributed by atoms with E-state index in [0.29, 0.717) is 0 Å². The van der Waals surface area contributed by atoms with Crippen molar-refractivity contribution < 1.29 is 46.5 Å². The molecule has 0 bridgehead atoms. The predicted octanol–water partition coefficient (Wildman–Crippen LogP) is -0.566. The zero-order chi connectivity index (χ0) is 12.6. The largest absolute Gasteiger partial charge is 1.00 e. The normalized spacial score (nSPS) is 9.79. The maximum Gasteiger partial charge on any atom is 1.00 e. The quantitative estimate of drug-likeness (QED) is 0.332. The molecule has 0 heterocycles. The van der Waals surface area contributed by atoms with Gasteiger partial charge in [-0.3, -0.25) is 0 Å². The summed E-state index contributed by atoms with van der Waals surface area (Å²) in [5.74, 6) is 0. The molecule has 0 aromatic rings. The second-order valence-corrected chi connectivity index (χ2v) is 5.38. The summed E-state index contributed by atoms with van der Waals surface area (Å²) in [6.45, 7) is 3.16. The summed E-state index contributed by atoms with van der Waals surface area (Å²) in [6, 6.07) is 0. The van der Waals surface area contributed by atoms with E-state index in [1.165, 1.54) is 89.9 Å². The molecule has 3 heteroatoms. The minimum atomic E-state index is 0. The fourth-order valence-corrected chi connectivity index (χ4v) is 2.34. The summed E-state index contributed by atoms with van der Waals surface area (Å²) in [5, 5.41) is 0. The molecule has 0 unspecified atom stereocenters. The van der Waals surface area contributed by atoms with Crippen molar-refractivity contribution in [3.05, 3.63) is 0 Å². The topological polar surface area (TPSA) is 26.0 Å². The summed E-state index contributed by atoms with van der Waals surface area (Å²) < 4.78 is 0. The number of halogens is 1. The average molecular weight is 344 g/mol. The van der Waals surface area contributed by atoms with E-state index in [4.69, 9.17) is 5.73 Å². The summed E-state index contributed by atoms with van der Waals surface area (Å²) in [5.41, 5.74) is 5.47. The molecule has 112 valence electrons. The van der Waals surface area contributed by atoms with Gasteiger partial charge in [-0.1, -0.05) is 90.4 Å². The van der Waals surface area contributed by atoms with Gasteiger partial charge in [-0.05, 0) is 13.0 Å². The zero-order valence-corrected chi connectivity index (χ0v) is 17.1. The van der Waals surface area contributed by atoms with Crippen LogP contribution in [0.15, 0.2) is 0 Å². The van der Waals surface area contributed by atoms with Crippen LogP contribution in [0, 0.1) is 0 Å². The third-order valence-electron chi connectivity index (χ3n) is 3.56. The van der Waals surface area contributed by atoms with E-state index in [1.54, 1.807) is 0 Å². The molecule has 0 atom stereocenters. The Balaban J connectivity index is -0.00000128. The summed E-state index contributed by atoms with van der Waals surface area (Å²) in [6.07, 6.45) is 19.9. The number of unbranched alkanes of at least 4 members (excludes halogenated alkanes) is 13. The van der Waals surface area contributed by atoms with E-state index in [1.807, 2.05) is 0 Å². The van der Waals surface area contributed by atoms with Gasteiger partial charge in [0.05, 0.1) is 0 Å². The summed E-state index contributed by atoms with van der Waals surface area (Å²) in [4.78, 5) is 0. The molecule has 0 rings (SSSR count). The van der Waals surface area contributed by atoms with Gasteiger partial charge >= 0.3 is 29.6 Å². The molecule has 0 aromatic carbocycles. The van der Waals surface area contributed by atoms with Crippen LogP contribution in [0.1, 0.15) is 96.8 Å². The van der Waals surface area contributed by atoms with Crippen LogP contribution in [-0.2, 0) is 0 Å². The maximum atomic E-state index is 5.47. The van der Waals surface area contributed by atoms with Crippen LogP contribution >= 0.6 is 0 Å². The molecule has 0 saturated carbocycles. The third kappa shape index (κ3) is 24.8. The van der Waals surface area contributed by atoms with Gasteiger partial charge in [-0.2, -0.15) is 0 Å². The molecule has 1 nitrogen and oxygen atoms in total. The van der Waals surface area contributed by atoms with Gasteiger partial charge in [0, 0.05) is 0 Å². The van der Waals surface area contributed by atoms with Crippen molar-refractivity contribution in [3.8, 4) is 0 Å². The van der Waals surface area contributed by atoms with Gasteiger partial charge in [0.25, 0.3) is 0 Å². The van der Waals surface area contributed by atoms with Crippen LogP contribution in [-0.4, -0.2) is 6.54 Å². The van der Waals surface area contributed by atoms with E-state index in [2.05, 4.69) is 6.92 Å².